The predicted molar refractivity (Wildman–Crippen MR) is 60.1 cm³/mol. The van der Waals surface area contributed by atoms with Crippen LogP contribution in [-0.2, 0) is 6.54 Å². The first kappa shape index (κ1) is 14.7. The quantitative estimate of drug-likeness (QED) is 0.854. The Labute approximate surface area is 104 Å². The highest BCUT2D eigenvalue weighted by Crippen LogP contribution is 2.16. The van der Waals surface area contributed by atoms with Crippen molar-refractivity contribution in [2.75, 3.05) is 13.2 Å². The second-order valence-electron chi connectivity index (χ2n) is 4.29. The number of hydrogen-bond donors (Lipinski definition) is 1. The fourth-order valence-corrected chi connectivity index (χ4v) is 1.16. The number of alkyl halides is 3. The van der Waals surface area contributed by atoms with Crippen molar-refractivity contribution in [1.82, 2.24) is 15.5 Å². The van der Waals surface area contributed by atoms with E-state index >= 15 is 0 Å². The second kappa shape index (κ2) is 6.53. The molecule has 1 rings (SSSR count). The molecule has 0 aliphatic heterocycles. The summed E-state index contributed by atoms with van der Waals surface area (Å²) in [6.45, 7) is 4.17. The van der Waals surface area contributed by atoms with E-state index in [1.165, 1.54) is 6.07 Å². The molecule has 0 aliphatic carbocycles. The first-order valence-corrected chi connectivity index (χ1v) is 5.59. The van der Waals surface area contributed by atoms with Crippen molar-refractivity contribution in [2.24, 2.45) is 5.92 Å². The van der Waals surface area contributed by atoms with Crippen molar-refractivity contribution in [3.8, 4) is 5.88 Å². The van der Waals surface area contributed by atoms with Gasteiger partial charge in [0.2, 0.25) is 5.88 Å². The molecule has 0 unspecified atom stereocenters. The Morgan fingerprint density at radius 1 is 1.28 bits per heavy atom. The molecule has 1 aromatic heterocycles. The number of hydrogen-bond acceptors (Lipinski definition) is 4. The molecular weight excluding hydrogens is 247 g/mol. The van der Waals surface area contributed by atoms with Crippen molar-refractivity contribution < 1.29 is 17.9 Å². The van der Waals surface area contributed by atoms with Crippen molar-refractivity contribution in [3.63, 3.8) is 0 Å². The van der Waals surface area contributed by atoms with Crippen molar-refractivity contribution in [1.29, 1.82) is 0 Å². The molecule has 0 amide bonds. The lowest BCUT2D eigenvalue weighted by molar-refractivity contribution is -0.154. The lowest BCUT2D eigenvalue weighted by Crippen LogP contribution is -2.21. The SMILES string of the molecule is CC(C)CNCc1ccc(OCC(F)(F)F)nn1. The minimum absolute atomic E-state index is 0.125. The van der Waals surface area contributed by atoms with Gasteiger partial charge in [-0.2, -0.15) is 18.3 Å². The monoisotopic (exact) mass is 263 g/mol. The van der Waals surface area contributed by atoms with Crippen LogP contribution in [0.4, 0.5) is 13.2 Å². The molecular formula is C11H16F3N3O. The molecule has 1 N–H and O–H groups in total. The highest BCUT2D eigenvalue weighted by atomic mass is 19.4. The summed E-state index contributed by atoms with van der Waals surface area (Å²) in [5, 5.41) is 10.5. The number of nitrogens with one attached hydrogen (secondary N) is 1. The maximum absolute atomic E-state index is 11.9. The molecule has 0 saturated carbocycles. The smallest absolute Gasteiger partial charge is 0.422 e. The number of halogens is 3. The van der Waals surface area contributed by atoms with Gasteiger partial charge < -0.3 is 10.1 Å². The number of rotatable bonds is 6. The van der Waals surface area contributed by atoms with Crippen molar-refractivity contribution in [2.45, 2.75) is 26.6 Å². The van der Waals surface area contributed by atoms with Crippen LogP contribution in [0.2, 0.25) is 0 Å². The maximum Gasteiger partial charge on any atom is 0.422 e. The third-order valence-electron chi connectivity index (χ3n) is 1.94. The minimum Gasteiger partial charge on any atom is -0.467 e. The normalized spacial score (nSPS) is 11.9. The molecule has 7 heteroatoms. The van der Waals surface area contributed by atoms with Gasteiger partial charge in [0.05, 0.1) is 5.69 Å². The van der Waals surface area contributed by atoms with Crippen LogP contribution in [0.5, 0.6) is 5.88 Å². The highest BCUT2D eigenvalue weighted by Gasteiger charge is 2.28. The van der Waals surface area contributed by atoms with E-state index in [0.29, 0.717) is 18.2 Å². The van der Waals surface area contributed by atoms with Gasteiger partial charge in [-0.15, -0.1) is 5.10 Å². The average molecular weight is 263 g/mol. The van der Waals surface area contributed by atoms with E-state index in [4.69, 9.17) is 0 Å². The fourth-order valence-electron chi connectivity index (χ4n) is 1.16. The van der Waals surface area contributed by atoms with Crippen LogP contribution < -0.4 is 10.1 Å². The molecule has 0 aromatic carbocycles. The standard InChI is InChI=1S/C11H16F3N3O/c1-8(2)5-15-6-9-3-4-10(17-16-9)18-7-11(12,13)14/h3-4,8,15H,5-7H2,1-2H3. The fraction of sp³-hybridized carbons (Fsp3) is 0.636. The Hall–Kier alpha value is -1.37. The molecule has 1 aromatic rings. The van der Waals surface area contributed by atoms with E-state index in [0.717, 1.165) is 6.54 Å². The molecule has 0 bridgehead atoms. The van der Waals surface area contributed by atoms with E-state index in [-0.39, 0.29) is 5.88 Å². The van der Waals surface area contributed by atoms with Gasteiger partial charge in [-0.1, -0.05) is 13.8 Å². The van der Waals surface area contributed by atoms with Gasteiger partial charge in [-0.25, -0.2) is 0 Å². The molecule has 0 spiro atoms. The molecule has 0 radical (unpaired) electrons. The van der Waals surface area contributed by atoms with Gasteiger partial charge in [-0.3, -0.25) is 0 Å². The molecule has 18 heavy (non-hydrogen) atoms. The molecule has 0 fully saturated rings. The van der Waals surface area contributed by atoms with Crippen LogP contribution in [0.15, 0.2) is 12.1 Å². The Bertz CT molecular complexity index is 352. The summed E-state index contributed by atoms with van der Waals surface area (Å²) in [5.41, 5.74) is 0.662. The average Bonchev–Trinajstić information content (AvgIpc) is 2.26. The summed E-state index contributed by atoms with van der Waals surface area (Å²) in [4.78, 5) is 0. The largest absolute Gasteiger partial charge is 0.467 e. The summed E-state index contributed by atoms with van der Waals surface area (Å²) in [6.07, 6.45) is -4.36. The van der Waals surface area contributed by atoms with Crippen molar-refractivity contribution >= 4 is 0 Å². The van der Waals surface area contributed by atoms with Gasteiger partial charge in [0.25, 0.3) is 0 Å². The van der Waals surface area contributed by atoms with E-state index in [1.807, 2.05) is 0 Å². The van der Waals surface area contributed by atoms with E-state index < -0.39 is 12.8 Å². The van der Waals surface area contributed by atoms with Crippen LogP contribution in [-0.4, -0.2) is 29.5 Å². The van der Waals surface area contributed by atoms with Gasteiger partial charge in [0.15, 0.2) is 6.61 Å². The second-order valence-corrected chi connectivity index (χ2v) is 4.29. The zero-order chi connectivity index (χ0) is 13.6. The van der Waals surface area contributed by atoms with Gasteiger partial charge in [-0.05, 0) is 18.5 Å². The maximum atomic E-state index is 11.9. The third kappa shape index (κ3) is 6.39. The highest BCUT2D eigenvalue weighted by molar-refractivity contribution is 5.11. The lowest BCUT2D eigenvalue weighted by Gasteiger charge is -2.08. The third-order valence-corrected chi connectivity index (χ3v) is 1.94. The molecule has 4 nitrogen and oxygen atoms in total. The van der Waals surface area contributed by atoms with Crippen molar-refractivity contribution in [3.05, 3.63) is 17.8 Å². The Morgan fingerprint density at radius 3 is 2.50 bits per heavy atom. The number of aromatic nitrogens is 2. The van der Waals surface area contributed by atoms with E-state index in [9.17, 15) is 13.2 Å². The summed E-state index contributed by atoms with van der Waals surface area (Å²) in [6, 6.07) is 2.97. The number of nitrogens with zero attached hydrogens (tertiary/aromatic N) is 2. The first-order valence-electron chi connectivity index (χ1n) is 5.59. The Kier molecular flexibility index (Phi) is 5.33. The predicted octanol–water partition coefficient (Wildman–Crippen LogP) is 2.16. The Morgan fingerprint density at radius 2 is 2.00 bits per heavy atom. The number of ether oxygens (including phenoxy) is 1. The lowest BCUT2D eigenvalue weighted by atomic mass is 10.2. The van der Waals surface area contributed by atoms with E-state index in [1.54, 1.807) is 6.07 Å². The zero-order valence-electron chi connectivity index (χ0n) is 10.3. The topological polar surface area (TPSA) is 47.0 Å². The van der Waals surface area contributed by atoms with Gasteiger partial charge >= 0.3 is 6.18 Å². The van der Waals surface area contributed by atoms with Crippen LogP contribution in [0.1, 0.15) is 19.5 Å². The Balaban J connectivity index is 2.38. The van der Waals surface area contributed by atoms with Crippen LogP contribution in [0.3, 0.4) is 0 Å². The van der Waals surface area contributed by atoms with Gasteiger partial charge in [0, 0.05) is 12.6 Å². The molecule has 0 atom stereocenters. The molecule has 0 aliphatic rings. The molecule has 0 saturated heterocycles. The first-order chi connectivity index (χ1) is 8.37. The van der Waals surface area contributed by atoms with Gasteiger partial charge in [0.1, 0.15) is 0 Å². The zero-order valence-corrected chi connectivity index (χ0v) is 10.3. The summed E-state index contributed by atoms with van der Waals surface area (Å²) >= 11 is 0. The van der Waals surface area contributed by atoms with E-state index in [2.05, 4.69) is 34.1 Å². The summed E-state index contributed by atoms with van der Waals surface area (Å²) < 4.78 is 40.1. The van der Waals surface area contributed by atoms with Crippen LogP contribution in [0.25, 0.3) is 0 Å². The molecule has 1 heterocycles. The molecule has 102 valence electrons. The summed E-state index contributed by atoms with van der Waals surface area (Å²) in [5.74, 6) is 0.396. The minimum atomic E-state index is -4.36. The van der Waals surface area contributed by atoms with Crippen LogP contribution in [0, 0.1) is 5.92 Å². The van der Waals surface area contributed by atoms with Crippen LogP contribution >= 0.6 is 0 Å². The summed E-state index contributed by atoms with van der Waals surface area (Å²) in [7, 11) is 0.